The number of amides is 1. The highest BCUT2D eigenvalue weighted by Crippen LogP contribution is 2.13. The molecule has 140 valence electrons. The molecule has 1 heterocycles. The Balaban J connectivity index is 2.30. The summed E-state index contributed by atoms with van der Waals surface area (Å²) in [6.45, 7) is 4.39. The molecule has 0 aromatic rings. The van der Waals surface area contributed by atoms with Crippen LogP contribution in [0, 0.1) is 11.3 Å². The van der Waals surface area contributed by atoms with E-state index in [2.05, 4.69) is 11.9 Å². The number of allylic oxidation sites excluding steroid dienone is 1. The SMILES string of the molecule is C=CCCC(=O)N[C@@H](COCCOC1CCCCO1)C(=O)OCC#N. The maximum absolute atomic E-state index is 11.9. The van der Waals surface area contributed by atoms with Gasteiger partial charge in [-0.15, -0.1) is 6.58 Å². The molecule has 0 aromatic carbocycles. The predicted octanol–water partition coefficient (Wildman–Crippen LogP) is 1.06. The second-order valence-electron chi connectivity index (χ2n) is 5.46. The average Bonchev–Trinajstić information content (AvgIpc) is 2.64. The molecule has 1 aliphatic heterocycles. The van der Waals surface area contributed by atoms with Crippen LogP contribution in [0.25, 0.3) is 0 Å². The molecule has 0 bridgehead atoms. The fourth-order valence-corrected chi connectivity index (χ4v) is 2.15. The normalized spacial score (nSPS) is 18.0. The molecule has 1 unspecified atom stereocenters. The Morgan fingerprint density at radius 1 is 1.40 bits per heavy atom. The van der Waals surface area contributed by atoms with Gasteiger partial charge in [0.05, 0.1) is 19.8 Å². The summed E-state index contributed by atoms with van der Waals surface area (Å²) < 4.78 is 21.1. The summed E-state index contributed by atoms with van der Waals surface area (Å²) in [6.07, 6.45) is 5.12. The van der Waals surface area contributed by atoms with Crippen LogP contribution in [0.3, 0.4) is 0 Å². The topological polar surface area (TPSA) is 107 Å². The summed E-state index contributed by atoms with van der Waals surface area (Å²) >= 11 is 0. The van der Waals surface area contributed by atoms with Crippen molar-refractivity contribution in [3.63, 3.8) is 0 Å². The van der Waals surface area contributed by atoms with E-state index in [1.54, 1.807) is 12.1 Å². The van der Waals surface area contributed by atoms with Gasteiger partial charge in [-0.3, -0.25) is 4.79 Å². The highest BCUT2D eigenvalue weighted by atomic mass is 16.7. The van der Waals surface area contributed by atoms with Crippen LogP contribution in [0.4, 0.5) is 0 Å². The van der Waals surface area contributed by atoms with Crippen molar-refractivity contribution in [1.29, 1.82) is 5.26 Å². The van der Waals surface area contributed by atoms with E-state index < -0.39 is 12.0 Å². The second kappa shape index (κ2) is 13.4. The molecule has 1 N–H and O–H groups in total. The third-order valence-electron chi connectivity index (χ3n) is 3.43. The molecule has 1 saturated heterocycles. The van der Waals surface area contributed by atoms with Crippen molar-refractivity contribution in [2.45, 2.75) is 44.4 Å². The van der Waals surface area contributed by atoms with Crippen LogP contribution >= 0.6 is 0 Å². The molecule has 1 aliphatic rings. The highest BCUT2D eigenvalue weighted by Gasteiger charge is 2.22. The molecule has 8 heteroatoms. The van der Waals surface area contributed by atoms with E-state index in [4.69, 9.17) is 24.2 Å². The Hall–Kier alpha value is -1.95. The monoisotopic (exact) mass is 354 g/mol. The van der Waals surface area contributed by atoms with Crippen LogP contribution in [0.2, 0.25) is 0 Å². The van der Waals surface area contributed by atoms with Crippen LogP contribution in [0.1, 0.15) is 32.1 Å². The molecular formula is C17H26N2O6. The van der Waals surface area contributed by atoms with E-state index in [9.17, 15) is 9.59 Å². The van der Waals surface area contributed by atoms with Gasteiger partial charge in [-0.25, -0.2) is 4.79 Å². The highest BCUT2D eigenvalue weighted by molar-refractivity contribution is 5.84. The van der Waals surface area contributed by atoms with Crippen LogP contribution in [0.15, 0.2) is 12.7 Å². The van der Waals surface area contributed by atoms with Gasteiger partial charge in [0, 0.05) is 13.0 Å². The number of esters is 1. The fourth-order valence-electron chi connectivity index (χ4n) is 2.15. The molecule has 1 fully saturated rings. The second-order valence-corrected chi connectivity index (χ2v) is 5.46. The lowest BCUT2D eigenvalue weighted by Gasteiger charge is -2.23. The number of nitrogens with one attached hydrogen (secondary N) is 1. The Kier molecular flexibility index (Phi) is 11.3. The summed E-state index contributed by atoms with van der Waals surface area (Å²) in [6, 6.07) is 0.749. The Bertz CT molecular complexity index is 457. The van der Waals surface area contributed by atoms with Crippen LogP contribution < -0.4 is 5.32 Å². The summed E-state index contributed by atoms with van der Waals surface area (Å²) in [4.78, 5) is 23.6. The summed E-state index contributed by atoms with van der Waals surface area (Å²) in [5.41, 5.74) is 0. The van der Waals surface area contributed by atoms with Crippen LogP contribution in [-0.2, 0) is 28.5 Å². The molecule has 0 spiro atoms. The average molecular weight is 354 g/mol. The van der Waals surface area contributed by atoms with Crippen molar-refractivity contribution in [3.8, 4) is 6.07 Å². The minimum Gasteiger partial charge on any atom is -0.449 e. The van der Waals surface area contributed by atoms with Crippen molar-refractivity contribution >= 4 is 11.9 Å². The number of carbonyl (C=O) groups is 2. The van der Waals surface area contributed by atoms with E-state index >= 15 is 0 Å². The van der Waals surface area contributed by atoms with Gasteiger partial charge in [-0.05, 0) is 25.7 Å². The first kappa shape index (κ1) is 21.1. The predicted molar refractivity (Wildman–Crippen MR) is 88.3 cm³/mol. The number of hydrogen-bond acceptors (Lipinski definition) is 7. The van der Waals surface area contributed by atoms with Gasteiger partial charge in [-0.1, -0.05) is 6.08 Å². The molecule has 1 amide bonds. The molecule has 2 atom stereocenters. The zero-order chi connectivity index (χ0) is 18.3. The van der Waals surface area contributed by atoms with Gasteiger partial charge >= 0.3 is 5.97 Å². The third kappa shape index (κ3) is 9.82. The lowest BCUT2D eigenvalue weighted by Crippen LogP contribution is -2.45. The van der Waals surface area contributed by atoms with E-state index in [0.29, 0.717) is 19.6 Å². The molecular weight excluding hydrogens is 328 g/mol. The van der Waals surface area contributed by atoms with Gasteiger partial charge < -0.3 is 24.3 Å². The third-order valence-corrected chi connectivity index (χ3v) is 3.43. The lowest BCUT2D eigenvalue weighted by atomic mass is 10.2. The minimum absolute atomic E-state index is 0.0566. The van der Waals surface area contributed by atoms with Crippen molar-refractivity contribution in [1.82, 2.24) is 5.32 Å². The molecule has 1 rings (SSSR count). The largest absolute Gasteiger partial charge is 0.449 e. The molecule has 0 aliphatic carbocycles. The minimum atomic E-state index is -0.961. The van der Waals surface area contributed by atoms with Crippen molar-refractivity contribution in [3.05, 3.63) is 12.7 Å². The smallest absolute Gasteiger partial charge is 0.332 e. The number of nitriles is 1. The van der Waals surface area contributed by atoms with Crippen molar-refractivity contribution < 1.29 is 28.5 Å². The zero-order valence-corrected chi connectivity index (χ0v) is 14.4. The van der Waals surface area contributed by atoms with Crippen molar-refractivity contribution in [2.24, 2.45) is 0 Å². The molecule has 25 heavy (non-hydrogen) atoms. The molecule has 0 radical (unpaired) electrons. The zero-order valence-electron chi connectivity index (χ0n) is 14.4. The summed E-state index contributed by atoms with van der Waals surface area (Å²) in [5.74, 6) is -1.01. The first-order valence-corrected chi connectivity index (χ1v) is 8.42. The first-order chi connectivity index (χ1) is 12.2. The van der Waals surface area contributed by atoms with E-state index in [-0.39, 0.29) is 38.4 Å². The van der Waals surface area contributed by atoms with Gasteiger partial charge in [0.25, 0.3) is 0 Å². The van der Waals surface area contributed by atoms with E-state index in [1.165, 1.54) is 0 Å². The van der Waals surface area contributed by atoms with E-state index in [1.807, 2.05) is 0 Å². The summed E-state index contributed by atoms with van der Waals surface area (Å²) in [5, 5.41) is 11.0. The van der Waals surface area contributed by atoms with Crippen molar-refractivity contribution in [2.75, 3.05) is 33.0 Å². The maximum atomic E-state index is 11.9. The lowest BCUT2D eigenvalue weighted by molar-refractivity contribution is -0.170. The summed E-state index contributed by atoms with van der Waals surface area (Å²) in [7, 11) is 0. The molecule has 0 saturated carbocycles. The van der Waals surface area contributed by atoms with Gasteiger partial charge in [0.15, 0.2) is 18.9 Å². The molecule has 0 aromatic heterocycles. The fraction of sp³-hybridized carbons (Fsp3) is 0.706. The standard InChI is InChI=1S/C17H26N2O6/c1-2-3-6-15(20)19-14(17(21)25-10-8-18)13-22-11-12-24-16-7-4-5-9-23-16/h2,14,16H,1,3-7,9-13H2,(H,19,20)/t14-,16?/m0/s1. The number of nitrogens with zero attached hydrogens (tertiary/aromatic N) is 1. The van der Waals surface area contributed by atoms with Gasteiger partial charge in [0.1, 0.15) is 6.07 Å². The first-order valence-electron chi connectivity index (χ1n) is 8.42. The number of ether oxygens (including phenoxy) is 4. The van der Waals surface area contributed by atoms with Crippen LogP contribution in [0.5, 0.6) is 0 Å². The quantitative estimate of drug-likeness (QED) is 0.317. The van der Waals surface area contributed by atoms with Crippen LogP contribution in [-0.4, -0.2) is 57.2 Å². The Morgan fingerprint density at radius 3 is 2.92 bits per heavy atom. The number of hydrogen-bond donors (Lipinski definition) is 1. The number of carbonyl (C=O) groups excluding carboxylic acids is 2. The van der Waals surface area contributed by atoms with E-state index in [0.717, 1.165) is 19.3 Å². The number of rotatable bonds is 12. The maximum Gasteiger partial charge on any atom is 0.332 e. The molecule has 8 nitrogen and oxygen atoms in total. The van der Waals surface area contributed by atoms with Gasteiger partial charge in [0.2, 0.25) is 5.91 Å². The Morgan fingerprint density at radius 2 is 2.24 bits per heavy atom. The Labute approximate surface area is 148 Å². The van der Waals surface area contributed by atoms with Gasteiger partial charge in [-0.2, -0.15) is 5.26 Å².